The molecule has 0 aromatic carbocycles. The average Bonchev–Trinajstić information content (AvgIpc) is 2.30. The van der Waals surface area contributed by atoms with E-state index < -0.39 is 0 Å². The van der Waals surface area contributed by atoms with Gasteiger partial charge in [-0.3, -0.25) is 0 Å². The van der Waals surface area contributed by atoms with Crippen molar-refractivity contribution in [3.63, 3.8) is 0 Å². The monoisotopic (exact) mass is 226 g/mol. The van der Waals surface area contributed by atoms with Crippen LogP contribution in [0.2, 0.25) is 0 Å². The Hall–Kier alpha value is -0.790. The van der Waals surface area contributed by atoms with Gasteiger partial charge in [-0.2, -0.15) is 0 Å². The summed E-state index contributed by atoms with van der Waals surface area (Å²) in [4.78, 5) is 11.1. The molecule has 0 atom stereocenters. The first-order valence-corrected chi connectivity index (χ1v) is 6.64. The fraction of sp³-hybridized carbons (Fsp3) is 0.786. The van der Waals surface area contributed by atoms with E-state index in [-0.39, 0.29) is 5.97 Å². The largest absolute Gasteiger partial charge is 0.463 e. The third-order valence-corrected chi connectivity index (χ3v) is 2.48. The van der Waals surface area contributed by atoms with Crippen LogP contribution in [0.1, 0.15) is 65.2 Å². The van der Waals surface area contributed by atoms with Gasteiger partial charge in [0.15, 0.2) is 0 Å². The Morgan fingerprint density at radius 1 is 1.00 bits per heavy atom. The number of hydrogen-bond acceptors (Lipinski definition) is 2. The summed E-state index contributed by atoms with van der Waals surface area (Å²) in [7, 11) is 0. The first-order chi connectivity index (χ1) is 7.81. The van der Waals surface area contributed by atoms with Crippen molar-refractivity contribution in [2.24, 2.45) is 0 Å². The lowest BCUT2D eigenvalue weighted by atomic mass is 10.1. The van der Waals surface area contributed by atoms with E-state index in [1.54, 1.807) is 0 Å². The highest BCUT2D eigenvalue weighted by atomic mass is 16.5. The highest BCUT2D eigenvalue weighted by Crippen LogP contribution is 2.06. The van der Waals surface area contributed by atoms with Crippen molar-refractivity contribution in [3.05, 3.63) is 12.2 Å². The van der Waals surface area contributed by atoms with Crippen LogP contribution in [0.3, 0.4) is 0 Å². The second-order valence-electron chi connectivity index (χ2n) is 4.10. The molecular weight excluding hydrogens is 200 g/mol. The van der Waals surface area contributed by atoms with Gasteiger partial charge in [-0.05, 0) is 12.8 Å². The Kier molecular flexibility index (Phi) is 11.7. The zero-order valence-electron chi connectivity index (χ0n) is 10.8. The van der Waals surface area contributed by atoms with Gasteiger partial charge in [-0.1, -0.05) is 58.4 Å². The van der Waals surface area contributed by atoms with Crippen molar-refractivity contribution in [1.82, 2.24) is 0 Å². The highest BCUT2D eigenvalue weighted by Gasteiger charge is 1.96. The maximum absolute atomic E-state index is 11.1. The molecule has 0 rings (SSSR count). The maximum atomic E-state index is 11.1. The fourth-order valence-electron chi connectivity index (χ4n) is 1.49. The number of rotatable bonds is 10. The Balaban J connectivity index is 3.14. The maximum Gasteiger partial charge on any atom is 0.330 e. The van der Waals surface area contributed by atoms with Crippen LogP contribution in [0.4, 0.5) is 0 Å². The summed E-state index contributed by atoms with van der Waals surface area (Å²) in [6.07, 6.45) is 13.0. The zero-order valence-corrected chi connectivity index (χ0v) is 10.8. The van der Waals surface area contributed by atoms with Gasteiger partial charge in [0.05, 0.1) is 6.61 Å². The Morgan fingerprint density at radius 2 is 1.62 bits per heavy atom. The smallest absolute Gasteiger partial charge is 0.330 e. The second kappa shape index (κ2) is 12.3. The van der Waals surface area contributed by atoms with Crippen LogP contribution >= 0.6 is 0 Å². The topological polar surface area (TPSA) is 26.3 Å². The molecule has 0 aromatic rings. The first-order valence-electron chi connectivity index (χ1n) is 6.64. The molecule has 0 unspecified atom stereocenters. The summed E-state index contributed by atoms with van der Waals surface area (Å²) in [5, 5.41) is 0. The first kappa shape index (κ1) is 15.2. The number of hydrogen-bond donors (Lipinski definition) is 0. The van der Waals surface area contributed by atoms with E-state index in [1.807, 2.05) is 13.0 Å². The van der Waals surface area contributed by atoms with Crippen molar-refractivity contribution in [1.29, 1.82) is 0 Å². The Labute approximate surface area is 100 Å². The minimum absolute atomic E-state index is 0.201. The molecule has 0 N–H and O–H groups in total. The predicted octanol–water partition coefficient (Wildman–Crippen LogP) is 4.25. The van der Waals surface area contributed by atoms with Gasteiger partial charge in [-0.25, -0.2) is 4.79 Å². The number of unbranched alkanes of at least 4 members (excludes halogenated alkanes) is 6. The third kappa shape index (κ3) is 11.3. The summed E-state index contributed by atoms with van der Waals surface area (Å²) in [6.45, 7) is 4.80. The SMILES string of the molecule is CC/C=C/C(=O)OCCCCCCCCC. The van der Waals surface area contributed by atoms with E-state index >= 15 is 0 Å². The van der Waals surface area contributed by atoms with Crippen LogP contribution in [0.15, 0.2) is 12.2 Å². The van der Waals surface area contributed by atoms with Gasteiger partial charge in [0.25, 0.3) is 0 Å². The van der Waals surface area contributed by atoms with Gasteiger partial charge in [0, 0.05) is 6.08 Å². The van der Waals surface area contributed by atoms with E-state index in [9.17, 15) is 4.79 Å². The summed E-state index contributed by atoms with van der Waals surface area (Å²) in [5.74, 6) is -0.201. The average molecular weight is 226 g/mol. The lowest BCUT2D eigenvalue weighted by Crippen LogP contribution is -2.02. The van der Waals surface area contributed by atoms with Crippen LogP contribution in [-0.4, -0.2) is 12.6 Å². The molecule has 0 radical (unpaired) electrons. The van der Waals surface area contributed by atoms with Gasteiger partial charge in [0.1, 0.15) is 0 Å². The van der Waals surface area contributed by atoms with Crippen LogP contribution in [0.25, 0.3) is 0 Å². The van der Waals surface area contributed by atoms with Gasteiger partial charge >= 0.3 is 5.97 Å². The normalized spacial score (nSPS) is 10.9. The van der Waals surface area contributed by atoms with Crippen LogP contribution in [0.5, 0.6) is 0 Å². The van der Waals surface area contributed by atoms with E-state index in [0.29, 0.717) is 6.61 Å². The van der Waals surface area contributed by atoms with Crippen LogP contribution in [-0.2, 0) is 9.53 Å². The molecule has 2 heteroatoms. The lowest BCUT2D eigenvalue weighted by molar-refractivity contribution is -0.137. The third-order valence-electron chi connectivity index (χ3n) is 2.48. The summed E-state index contributed by atoms with van der Waals surface area (Å²) >= 11 is 0. The van der Waals surface area contributed by atoms with Crippen molar-refractivity contribution >= 4 is 5.97 Å². The molecule has 16 heavy (non-hydrogen) atoms. The van der Waals surface area contributed by atoms with E-state index in [4.69, 9.17) is 4.74 Å². The van der Waals surface area contributed by atoms with Gasteiger partial charge in [0.2, 0.25) is 0 Å². The molecule has 0 amide bonds. The number of ether oxygens (including phenoxy) is 1. The summed E-state index contributed by atoms with van der Waals surface area (Å²) < 4.78 is 5.05. The molecule has 0 fully saturated rings. The summed E-state index contributed by atoms with van der Waals surface area (Å²) in [6, 6.07) is 0. The molecule has 0 heterocycles. The number of carbonyl (C=O) groups excluding carboxylic acids is 1. The zero-order chi connectivity index (χ0) is 12.1. The van der Waals surface area contributed by atoms with E-state index in [0.717, 1.165) is 12.8 Å². The molecule has 94 valence electrons. The number of esters is 1. The van der Waals surface area contributed by atoms with Crippen molar-refractivity contribution in [2.45, 2.75) is 65.2 Å². The number of allylic oxidation sites excluding steroid dienone is 1. The molecule has 0 saturated heterocycles. The van der Waals surface area contributed by atoms with Gasteiger partial charge in [-0.15, -0.1) is 0 Å². The molecular formula is C14H26O2. The second-order valence-corrected chi connectivity index (χ2v) is 4.10. The summed E-state index contributed by atoms with van der Waals surface area (Å²) in [5.41, 5.74) is 0. The minimum Gasteiger partial charge on any atom is -0.463 e. The van der Waals surface area contributed by atoms with Crippen LogP contribution < -0.4 is 0 Å². The highest BCUT2D eigenvalue weighted by molar-refractivity contribution is 5.81. The van der Waals surface area contributed by atoms with E-state index in [2.05, 4.69) is 6.92 Å². The number of carbonyl (C=O) groups is 1. The van der Waals surface area contributed by atoms with Gasteiger partial charge < -0.3 is 4.74 Å². The predicted molar refractivity (Wildman–Crippen MR) is 68.4 cm³/mol. The molecule has 0 aliphatic carbocycles. The quantitative estimate of drug-likeness (QED) is 0.316. The Morgan fingerprint density at radius 3 is 2.25 bits per heavy atom. The molecule has 0 aliphatic rings. The molecule has 0 bridgehead atoms. The van der Waals surface area contributed by atoms with E-state index in [1.165, 1.54) is 44.6 Å². The van der Waals surface area contributed by atoms with Crippen molar-refractivity contribution in [3.8, 4) is 0 Å². The molecule has 2 nitrogen and oxygen atoms in total. The van der Waals surface area contributed by atoms with Crippen molar-refractivity contribution < 1.29 is 9.53 Å². The molecule has 0 aromatic heterocycles. The molecule has 0 aliphatic heterocycles. The molecule has 0 saturated carbocycles. The fourth-order valence-corrected chi connectivity index (χ4v) is 1.49. The lowest BCUT2D eigenvalue weighted by Gasteiger charge is -2.02. The van der Waals surface area contributed by atoms with Crippen LogP contribution in [0, 0.1) is 0 Å². The molecule has 0 spiro atoms. The van der Waals surface area contributed by atoms with Crippen molar-refractivity contribution in [2.75, 3.05) is 6.61 Å². The standard InChI is InChI=1S/C14H26O2/c1-3-5-7-8-9-10-11-13-16-14(15)12-6-4-2/h6,12H,3-5,7-11,13H2,1-2H3/b12-6+. The Bertz CT molecular complexity index is 185. The minimum atomic E-state index is -0.201.